The molecule has 2 saturated heterocycles. The third kappa shape index (κ3) is 2.90. The Balaban J connectivity index is 1.35. The number of amides is 2. The van der Waals surface area contributed by atoms with Gasteiger partial charge in [0.1, 0.15) is 11.4 Å². The van der Waals surface area contributed by atoms with Gasteiger partial charge in [-0.05, 0) is 19.4 Å². The minimum atomic E-state index is -0.0117. The zero-order valence-electron chi connectivity index (χ0n) is 14.4. The van der Waals surface area contributed by atoms with Crippen LogP contribution in [0.25, 0.3) is 0 Å². The van der Waals surface area contributed by atoms with Gasteiger partial charge in [-0.1, -0.05) is 5.21 Å². The van der Waals surface area contributed by atoms with E-state index in [9.17, 15) is 9.59 Å². The normalized spacial score (nSPS) is 18.1. The molecule has 25 heavy (non-hydrogen) atoms. The molecule has 2 aliphatic rings. The smallest absolute Gasteiger partial charge is 0.272 e. The summed E-state index contributed by atoms with van der Waals surface area (Å²) in [5.41, 5.74) is 2.23. The van der Waals surface area contributed by atoms with Crippen molar-refractivity contribution in [1.82, 2.24) is 34.6 Å². The molecule has 0 N–H and O–H groups in total. The summed E-state index contributed by atoms with van der Waals surface area (Å²) in [5.74, 6) is 0.170. The van der Waals surface area contributed by atoms with E-state index in [1.807, 2.05) is 18.0 Å². The zero-order valence-corrected chi connectivity index (χ0v) is 14.4. The first-order valence-electron chi connectivity index (χ1n) is 8.49. The highest BCUT2D eigenvalue weighted by Gasteiger charge is 2.34. The van der Waals surface area contributed by atoms with Gasteiger partial charge in [0.05, 0.1) is 24.5 Å². The molecular formula is C16H21N7O2. The quantitative estimate of drug-likeness (QED) is 0.788. The van der Waals surface area contributed by atoms with Crippen molar-refractivity contribution in [2.24, 2.45) is 7.05 Å². The molecule has 0 aliphatic carbocycles. The van der Waals surface area contributed by atoms with E-state index in [2.05, 4.69) is 15.4 Å². The zero-order chi connectivity index (χ0) is 17.6. The number of carbonyl (C=O) groups is 2. The molecule has 4 rings (SSSR count). The van der Waals surface area contributed by atoms with E-state index in [1.165, 1.54) is 0 Å². The highest BCUT2D eigenvalue weighted by molar-refractivity contribution is 5.93. The van der Waals surface area contributed by atoms with Gasteiger partial charge >= 0.3 is 0 Å². The summed E-state index contributed by atoms with van der Waals surface area (Å²) in [6, 6.07) is 1.94. The van der Waals surface area contributed by atoms with Gasteiger partial charge in [-0.25, -0.2) is 4.68 Å². The van der Waals surface area contributed by atoms with Gasteiger partial charge < -0.3 is 9.80 Å². The number of hydrogen-bond acceptors (Lipinski definition) is 5. The van der Waals surface area contributed by atoms with E-state index in [-0.39, 0.29) is 17.9 Å². The lowest BCUT2D eigenvalue weighted by molar-refractivity contribution is -0.128. The van der Waals surface area contributed by atoms with Crippen molar-refractivity contribution in [2.75, 3.05) is 19.6 Å². The first kappa shape index (κ1) is 15.8. The molecule has 2 aromatic heterocycles. The van der Waals surface area contributed by atoms with Crippen molar-refractivity contribution in [3.63, 3.8) is 0 Å². The van der Waals surface area contributed by atoms with Crippen molar-refractivity contribution >= 4 is 11.8 Å². The van der Waals surface area contributed by atoms with Gasteiger partial charge in [-0.2, -0.15) is 5.10 Å². The van der Waals surface area contributed by atoms with Crippen LogP contribution in [0.2, 0.25) is 0 Å². The lowest BCUT2D eigenvalue weighted by Crippen LogP contribution is -2.51. The van der Waals surface area contributed by atoms with E-state index in [4.69, 9.17) is 0 Å². The highest BCUT2D eigenvalue weighted by Crippen LogP contribution is 2.23. The molecule has 9 nitrogen and oxygen atoms in total. The van der Waals surface area contributed by atoms with E-state index in [0.29, 0.717) is 31.7 Å². The fraction of sp³-hybridized carbons (Fsp3) is 0.562. The van der Waals surface area contributed by atoms with Crippen molar-refractivity contribution < 1.29 is 9.59 Å². The largest absolute Gasteiger partial charge is 0.337 e. The van der Waals surface area contributed by atoms with Gasteiger partial charge in [0, 0.05) is 33.1 Å². The average molecular weight is 343 g/mol. The summed E-state index contributed by atoms with van der Waals surface area (Å²) >= 11 is 0. The molecule has 0 atom stereocenters. The number of aryl methyl sites for hydroxylation is 2. The van der Waals surface area contributed by atoms with Crippen LogP contribution in [0.15, 0.2) is 12.3 Å². The van der Waals surface area contributed by atoms with Crippen LogP contribution in [0.3, 0.4) is 0 Å². The molecule has 2 aliphatic heterocycles. The summed E-state index contributed by atoms with van der Waals surface area (Å²) in [6.07, 6.45) is 3.42. The van der Waals surface area contributed by atoms with Crippen LogP contribution in [0, 0.1) is 6.92 Å². The minimum absolute atomic E-state index is 0.0117. The van der Waals surface area contributed by atoms with Gasteiger partial charge in [0.2, 0.25) is 5.91 Å². The van der Waals surface area contributed by atoms with Gasteiger partial charge in [0.25, 0.3) is 5.91 Å². The molecule has 0 bridgehead atoms. The maximum absolute atomic E-state index is 12.5. The Kier molecular flexibility index (Phi) is 3.78. The fourth-order valence-corrected chi connectivity index (χ4v) is 3.39. The Labute approximate surface area is 145 Å². The van der Waals surface area contributed by atoms with Crippen LogP contribution in [-0.4, -0.2) is 66.0 Å². The van der Waals surface area contributed by atoms with E-state index in [1.54, 1.807) is 27.4 Å². The summed E-state index contributed by atoms with van der Waals surface area (Å²) in [6.45, 7) is 4.39. The molecular weight excluding hydrogens is 322 g/mol. The third-order valence-corrected chi connectivity index (χ3v) is 4.83. The monoisotopic (exact) mass is 343 g/mol. The van der Waals surface area contributed by atoms with Crippen LogP contribution in [0.4, 0.5) is 0 Å². The Hall–Kier alpha value is -2.71. The van der Waals surface area contributed by atoms with Crippen LogP contribution in [0.5, 0.6) is 0 Å². The first-order chi connectivity index (χ1) is 12.0. The topological polar surface area (TPSA) is 89.2 Å². The molecule has 9 heteroatoms. The highest BCUT2D eigenvalue weighted by atomic mass is 16.2. The minimum Gasteiger partial charge on any atom is -0.337 e. The predicted molar refractivity (Wildman–Crippen MR) is 87.6 cm³/mol. The van der Waals surface area contributed by atoms with Crippen molar-refractivity contribution in [3.8, 4) is 0 Å². The Morgan fingerprint density at radius 1 is 1.36 bits per heavy atom. The lowest BCUT2D eigenvalue weighted by Gasteiger charge is -2.38. The third-order valence-electron chi connectivity index (χ3n) is 4.83. The summed E-state index contributed by atoms with van der Waals surface area (Å²) in [5, 5.41) is 12.5. The average Bonchev–Trinajstić information content (AvgIpc) is 3.21. The van der Waals surface area contributed by atoms with E-state index in [0.717, 1.165) is 24.4 Å². The molecule has 2 aromatic rings. The molecule has 4 heterocycles. The molecule has 2 fully saturated rings. The molecule has 0 aromatic carbocycles. The Morgan fingerprint density at radius 3 is 2.80 bits per heavy atom. The van der Waals surface area contributed by atoms with Crippen molar-refractivity contribution in [1.29, 1.82) is 0 Å². The van der Waals surface area contributed by atoms with Crippen LogP contribution in [0.1, 0.15) is 40.8 Å². The standard InChI is InChI=1S/C16H21N7O2/c1-11-6-14(20(2)18-11)16(25)22-9-13(10-22)23-8-12(17-19-23)7-21-5-3-4-15(21)24/h6,8,13H,3-5,7,9-10H2,1-2H3. The molecule has 0 spiro atoms. The molecule has 0 radical (unpaired) electrons. The summed E-state index contributed by atoms with van der Waals surface area (Å²) < 4.78 is 3.42. The van der Waals surface area contributed by atoms with Crippen LogP contribution in [-0.2, 0) is 18.4 Å². The van der Waals surface area contributed by atoms with Gasteiger partial charge in [-0.15, -0.1) is 5.10 Å². The second-order valence-corrected chi connectivity index (χ2v) is 6.77. The van der Waals surface area contributed by atoms with Gasteiger partial charge in [0.15, 0.2) is 0 Å². The summed E-state index contributed by atoms with van der Waals surface area (Å²) in [7, 11) is 1.78. The van der Waals surface area contributed by atoms with E-state index >= 15 is 0 Å². The number of hydrogen-bond donors (Lipinski definition) is 0. The first-order valence-corrected chi connectivity index (χ1v) is 8.49. The van der Waals surface area contributed by atoms with E-state index < -0.39 is 0 Å². The maximum Gasteiger partial charge on any atom is 0.272 e. The number of aromatic nitrogens is 5. The van der Waals surface area contributed by atoms with Crippen LogP contribution < -0.4 is 0 Å². The number of likely N-dealkylation sites (tertiary alicyclic amines) is 2. The predicted octanol–water partition coefficient (Wildman–Crippen LogP) is 0.140. The molecule has 0 saturated carbocycles. The summed E-state index contributed by atoms with van der Waals surface area (Å²) in [4.78, 5) is 27.8. The van der Waals surface area contributed by atoms with Crippen LogP contribution >= 0.6 is 0 Å². The Bertz CT molecular complexity index is 818. The van der Waals surface area contributed by atoms with Crippen molar-refractivity contribution in [2.45, 2.75) is 32.4 Å². The number of rotatable bonds is 4. The fourth-order valence-electron chi connectivity index (χ4n) is 3.39. The molecule has 132 valence electrons. The van der Waals surface area contributed by atoms with Gasteiger partial charge in [-0.3, -0.25) is 14.3 Å². The SMILES string of the molecule is Cc1cc(C(=O)N2CC(n3cc(CN4CCCC4=O)nn3)C2)n(C)n1. The lowest BCUT2D eigenvalue weighted by atomic mass is 10.1. The number of carbonyl (C=O) groups excluding carboxylic acids is 2. The second-order valence-electron chi connectivity index (χ2n) is 6.77. The second kappa shape index (κ2) is 5.98. The molecule has 0 unspecified atom stereocenters. The maximum atomic E-state index is 12.5. The molecule has 2 amide bonds. The Morgan fingerprint density at radius 2 is 2.16 bits per heavy atom. The number of nitrogens with zero attached hydrogens (tertiary/aromatic N) is 7. The van der Waals surface area contributed by atoms with Crippen molar-refractivity contribution in [3.05, 3.63) is 29.3 Å².